The highest BCUT2D eigenvalue weighted by atomic mass is 35.5. The van der Waals surface area contributed by atoms with Crippen LogP contribution in [0.5, 0.6) is 0 Å². The van der Waals surface area contributed by atoms with E-state index in [1.54, 1.807) is 11.8 Å². The Hall–Kier alpha value is -1.45. The Morgan fingerprint density at radius 2 is 2.17 bits per heavy atom. The molecule has 0 aromatic carbocycles. The fourth-order valence-corrected chi connectivity index (χ4v) is 4.70. The molecule has 2 rings (SSSR count). The number of thiophene rings is 1. The average molecular weight is 378 g/mol. The van der Waals surface area contributed by atoms with Gasteiger partial charge in [0.1, 0.15) is 14.2 Å². The van der Waals surface area contributed by atoms with Gasteiger partial charge in [0.15, 0.2) is 0 Å². The number of carbonyl (C=O) groups excluding carboxylic acids is 1. The summed E-state index contributed by atoms with van der Waals surface area (Å²) in [5, 5.41) is 13.0. The maximum Gasteiger partial charge on any atom is 0.409 e. The number of rotatable bonds is 5. The van der Waals surface area contributed by atoms with Gasteiger partial charge in [0.2, 0.25) is 0 Å². The molecule has 1 saturated heterocycles. The number of hydrogen-bond acceptors (Lipinski definition) is 7. The van der Waals surface area contributed by atoms with Crippen LogP contribution in [0.4, 0.5) is 16.2 Å². The van der Waals surface area contributed by atoms with Crippen LogP contribution >= 0.6 is 34.7 Å². The van der Waals surface area contributed by atoms with Crippen molar-refractivity contribution < 1.29 is 14.5 Å². The van der Waals surface area contributed by atoms with Crippen LogP contribution in [0, 0.1) is 10.1 Å². The lowest BCUT2D eigenvalue weighted by Crippen LogP contribution is -2.49. The first-order valence-electron chi connectivity index (χ1n) is 6.90. The summed E-state index contributed by atoms with van der Waals surface area (Å²) in [4.78, 5) is 26.2. The second-order valence-electron chi connectivity index (χ2n) is 4.58. The van der Waals surface area contributed by atoms with Crippen molar-refractivity contribution in [3.8, 4) is 0 Å². The summed E-state index contributed by atoms with van der Waals surface area (Å²) >= 11 is 8.59. The Morgan fingerprint density at radius 1 is 1.52 bits per heavy atom. The van der Waals surface area contributed by atoms with Crippen molar-refractivity contribution in [2.24, 2.45) is 0 Å². The zero-order valence-electron chi connectivity index (χ0n) is 12.5. The van der Waals surface area contributed by atoms with E-state index in [1.807, 2.05) is 4.90 Å². The van der Waals surface area contributed by atoms with Gasteiger partial charge in [-0.25, -0.2) is 4.79 Å². The van der Waals surface area contributed by atoms with Crippen molar-refractivity contribution in [2.45, 2.75) is 11.1 Å². The van der Waals surface area contributed by atoms with Crippen LogP contribution in [0.3, 0.4) is 0 Å². The molecule has 0 atom stereocenters. The molecule has 7 nitrogen and oxygen atoms in total. The van der Waals surface area contributed by atoms with Crippen LogP contribution in [0.25, 0.3) is 0 Å². The van der Waals surface area contributed by atoms with Crippen molar-refractivity contribution in [2.75, 3.05) is 37.7 Å². The van der Waals surface area contributed by atoms with E-state index in [2.05, 4.69) is 6.58 Å². The summed E-state index contributed by atoms with van der Waals surface area (Å²) in [6.45, 7) is 7.47. The second-order valence-corrected chi connectivity index (χ2v) is 7.43. The lowest BCUT2D eigenvalue weighted by Gasteiger charge is -2.34. The second kappa shape index (κ2) is 7.89. The molecule has 1 amide bonds. The molecule has 23 heavy (non-hydrogen) atoms. The maximum atomic E-state index is 11.7. The van der Waals surface area contributed by atoms with Crippen LogP contribution in [-0.4, -0.2) is 48.7 Å². The van der Waals surface area contributed by atoms with E-state index < -0.39 is 4.92 Å². The molecule has 0 unspecified atom stereocenters. The average Bonchev–Trinajstić information content (AvgIpc) is 2.84. The molecular weight excluding hydrogens is 362 g/mol. The zero-order chi connectivity index (χ0) is 17.0. The topological polar surface area (TPSA) is 75.9 Å². The smallest absolute Gasteiger partial charge is 0.409 e. The number of amides is 1. The van der Waals surface area contributed by atoms with Gasteiger partial charge in [-0.2, -0.15) is 0 Å². The Bertz CT molecular complexity index is 615. The standard InChI is InChI=1S/C13H16ClN3O4S2/c1-3-21-13(18)16-7-5-15(6-8-16)9-10(17(19)20)12(22-4-2)23-11(9)14/h4H,2-3,5-8H2,1H3. The van der Waals surface area contributed by atoms with Crippen LogP contribution in [0.15, 0.2) is 16.2 Å². The summed E-state index contributed by atoms with van der Waals surface area (Å²) in [7, 11) is 0. The number of anilines is 1. The number of piperazine rings is 1. The summed E-state index contributed by atoms with van der Waals surface area (Å²) in [5.74, 6) is 0. The number of nitrogens with zero attached hydrogens (tertiary/aromatic N) is 3. The van der Waals surface area contributed by atoms with E-state index in [9.17, 15) is 14.9 Å². The molecule has 10 heteroatoms. The number of ether oxygens (including phenoxy) is 1. The van der Waals surface area contributed by atoms with Crippen molar-refractivity contribution in [1.29, 1.82) is 0 Å². The quantitative estimate of drug-likeness (QED) is 0.441. The molecule has 0 radical (unpaired) electrons. The van der Waals surface area contributed by atoms with Gasteiger partial charge < -0.3 is 14.5 Å². The van der Waals surface area contributed by atoms with Crippen LogP contribution < -0.4 is 4.90 Å². The zero-order valence-corrected chi connectivity index (χ0v) is 14.9. The lowest BCUT2D eigenvalue weighted by molar-refractivity contribution is -0.386. The first-order chi connectivity index (χ1) is 11.0. The third-order valence-corrected chi connectivity index (χ3v) is 5.56. The molecule has 1 aliphatic heterocycles. The van der Waals surface area contributed by atoms with E-state index in [0.29, 0.717) is 47.0 Å². The van der Waals surface area contributed by atoms with Gasteiger partial charge in [0.25, 0.3) is 0 Å². The molecule has 1 aromatic heterocycles. The highest BCUT2D eigenvalue weighted by molar-refractivity contribution is 8.04. The van der Waals surface area contributed by atoms with Gasteiger partial charge in [-0.1, -0.05) is 29.9 Å². The lowest BCUT2D eigenvalue weighted by atomic mass is 10.3. The van der Waals surface area contributed by atoms with Gasteiger partial charge in [0.05, 0.1) is 11.5 Å². The molecule has 1 aromatic rings. The largest absolute Gasteiger partial charge is 0.450 e. The van der Waals surface area contributed by atoms with Crippen LogP contribution in [-0.2, 0) is 4.74 Å². The van der Waals surface area contributed by atoms with Crippen molar-refractivity contribution in [3.05, 3.63) is 26.4 Å². The Labute approximate surface area is 147 Å². The predicted molar refractivity (Wildman–Crippen MR) is 92.8 cm³/mol. The van der Waals surface area contributed by atoms with Crippen molar-refractivity contribution >= 4 is 52.2 Å². The van der Waals surface area contributed by atoms with Gasteiger partial charge in [-0.3, -0.25) is 10.1 Å². The summed E-state index contributed by atoms with van der Waals surface area (Å²) in [6, 6.07) is 0. The number of hydrogen-bond donors (Lipinski definition) is 0. The summed E-state index contributed by atoms with van der Waals surface area (Å²) < 4.78 is 5.86. The summed E-state index contributed by atoms with van der Waals surface area (Å²) in [6.07, 6.45) is -0.360. The first-order valence-corrected chi connectivity index (χ1v) is 8.97. The third-order valence-electron chi connectivity index (χ3n) is 3.28. The molecule has 2 heterocycles. The number of carbonyl (C=O) groups is 1. The SMILES string of the molecule is C=CSc1sc(Cl)c(N2CCN(C(=O)OCC)CC2)c1[N+](=O)[O-]. The number of thioether (sulfide) groups is 1. The van der Waals surface area contributed by atoms with Crippen molar-refractivity contribution in [3.63, 3.8) is 0 Å². The maximum absolute atomic E-state index is 11.7. The van der Waals surface area contributed by atoms with E-state index in [0.717, 1.165) is 0 Å². The molecule has 0 saturated carbocycles. The first kappa shape index (κ1) is 17.9. The molecule has 126 valence electrons. The molecule has 0 aliphatic carbocycles. The molecular formula is C13H16ClN3O4S2. The van der Waals surface area contributed by atoms with Gasteiger partial charge >= 0.3 is 11.8 Å². The highest BCUT2D eigenvalue weighted by Gasteiger charge is 2.33. The van der Waals surface area contributed by atoms with E-state index in [4.69, 9.17) is 16.3 Å². The van der Waals surface area contributed by atoms with Crippen molar-refractivity contribution in [1.82, 2.24) is 4.90 Å². The van der Waals surface area contributed by atoms with Gasteiger partial charge in [-0.05, 0) is 12.3 Å². The minimum Gasteiger partial charge on any atom is -0.450 e. The minimum absolute atomic E-state index is 0.00878. The molecule has 1 fully saturated rings. The van der Waals surface area contributed by atoms with E-state index >= 15 is 0 Å². The fourth-order valence-electron chi connectivity index (χ4n) is 2.29. The normalized spacial score (nSPS) is 14.7. The minimum atomic E-state index is -0.415. The van der Waals surface area contributed by atoms with E-state index in [1.165, 1.54) is 28.5 Å². The fraction of sp³-hybridized carbons (Fsp3) is 0.462. The molecule has 0 spiro atoms. The Morgan fingerprint density at radius 3 is 2.70 bits per heavy atom. The molecule has 1 aliphatic rings. The Kier molecular flexibility index (Phi) is 6.14. The van der Waals surface area contributed by atoms with Crippen LogP contribution in [0.2, 0.25) is 4.34 Å². The highest BCUT2D eigenvalue weighted by Crippen LogP contribution is 2.50. The molecule has 0 N–H and O–H groups in total. The van der Waals surface area contributed by atoms with E-state index in [-0.39, 0.29) is 11.8 Å². The predicted octanol–water partition coefficient (Wildman–Crippen LogP) is 3.82. The van der Waals surface area contributed by atoms with Gasteiger partial charge in [0, 0.05) is 26.2 Å². The van der Waals surface area contributed by atoms with Gasteiger partial charge in [-0.15, -0.1) is 11.3 Å². The Balaban J connectivity index is 2.19. The van der Waals surface area contributed by atoms with Crippen LogP contribution in [0.1, 0.15) is 6.92 Å². The number of halogens is 1. The summed E-state index contributed by atoms with van der Waals surface area (Å²) in [5.41, 5.74) is 0.434. The number of nitro groups is 1. The monoisotopic (exact) mass is 377 g/mol. The molecule has 0 bridgehead atoms. The third kappa shape index (κ3) is 3.91.